The molecule has 0 saturated carbocycles. The van der Waals surface area contributed by atoms with Gasteiger partial charge in [0.1, 0.15) is 0 Å². The minimum Gasteiger partial charge on any atom is -0.454 e. The number of ether oxygens (including phenoxy) is 2. The van der Waals surface area contributed by atoms with Crippen molar-refractivity contribution in [3.8, 4) is 11.5 Å². The van der Waals surface area contributed by atoms with Crippen molar-refractivity contribution in [2.75, 3.05) is 11.5 Å². The molecule has 0 aliphatic carbocycles. The number of sulfonamides is 1. The van der Waals surface area contributed by atoms with Crippen molar-refractivity contribution in [2.45, 2.75) is 24.7 Å². The third-order valence-electron chi connectivity index (χ3n) is 5.09. The molecular weight excluding hydrogens is 478 g/mol. The molecule has 4 rings (SSSR count). The lowest BCUT2D eigenvalue weighted by Gasteiger charge is -2.10. The lowest BCUT2D eigenvalue weighted by molar-refractivity contribution is 0.0954. The van der Waals surface area contributed by atoms with Gasteiger partial charge in [-0.05, 0) is 67.8 Å². The number of anilines is 1. The standard InChI is InChI=1S/C24H22ClN3O5S/c1-16(9-10-17-11-12-22-23(13-17)33-15-32-22)26-27-24(29)18-5-4-6-19(14-18)34(30,31)28-21-8-3-2-7-20(21)25/h2-8,11-14,28H,9-10,15H2,1H3,(H,27,29). The fourth-order valence-corrected chi connectivity index (χ4v) is 4.60. The summed E-state index contributed by atoms with van der Waals surface area (Å²) < 4.78 is 38.6. The Kier molecular flexibility index (Phi) is 7.04. The normalized spacial score (nSPS) is 12.9. The number of aryl methyl sites for hydroxylation is 1. The molecule has 1 amide bonds. The van der Waals surface area contributed by atoms with Crippen LogP contribution in [0.1, 0.15) is 29.3 Å². The summed E-state index contributed by atoms with van der Waals surface area (Å²) in [5, 5.41) is 4.41. The molecule has 0 atom stereocenters. The van der Waals surface area contributed by atoms with Crippen LogP contribution in [0.2, 0.25) is 5.02 Å². The summed E-state index contributed by atoms with van der Waals surface area (Å²) >= 11 is 6.04. The third-order valence-corrected chi connectivity index (χ3v) is 6.78. The van der Waals surface area contributed by atoms with Gasteiger partial charge in [0.05, 0.1) is 15.6 Å². The van der Waals surface area contributed by atoms with E-state index in [0.717, 1.165) is 22.8 Å². The predicted molar refractivity (Wildman–Crippen MR) is 130 cm³/mol. The smallest absolute Gasteiger partial charge is 0.271 e. The number of nitrogens with one attached hydrogen (secondary N) is 2. The van der Waals surface area contributed by atoms with Crippen LogP contribution in [-0.2, 0) is 16.4 Å². The predicted octanol–water partition coefficient (Wildman–Crippen LogP) is 4.61. The van der Waals surface area contributed by atoms with E-state index in [1.165, 1.54) is 24.3 Å². The summed E-state index contributed by atoms with van der Waals surface area (Å²) in [5.41, 5.74) is 4.68. The van der Waals surface area contributed by atoms with E-state index in [-0.39, 0.29) is 28.0 Å². The zero-order chi connectivity index (χ0) is 24.1. The number of fused-ring (bicyclic) bond motifs is 1. The summed E-state index contributed by atoms with van der Waals surface area (Å²) in [4.78, 5) is 12.5. The largest absolute Gasteiger partial charge is 0.454 e. The Hall–Kier alpha value is -3.56. The number of hydrogen-bond acceptors (Lipinski definition) is 6. The number of hydrogen-bond donors (Lipinski definition) is 2. The molecule has 1 heterocycles. The maximum Gasteiger partial charge on any atom is 0.271 e. The van der Waals surface area contributed by atoms with Crippen molar-refractivity contribution in [2.24, 2.45) is 5.10 Å². The van der Waals surface area contributed by atoms with Crippen molar-refractivity contribution < 1.29 is 22.7 Å². The van der Waals surface area contributed by atoms with Gasteiger partial charge in [0.15, 0.2) is 11.5 Å². The Morgan fingerprint density at radius 3 is 2.65 bits per heavy atom. The van der Waals surface area contributed by atoms with Crippen LogP contribution in [0.5, 0.6) is 11.5 Å². The van der Waals surface area contributed by atoms with E-state index < -0.39 is 15.9 Å². The zero-order valence-electron chi connectivity index (χ0n) is 18.2. The van der Waals surface area contributed by atoms with Gasteiger partial charge < -0.3 is 9.47 Å². The first-order valence-corrected chi connectivity index (χ1v) is 12.3. The summed E-state index contributed by atoms with van der Waals surface area (Å²) in [6.07, 6.45) is 1.33. The fourth-order valence-electron chi connectivity index (χ4n) is 3.24. The Morgan fingerprint density at radius 1 is 1.03 bits per heavy atom. The van der Waals surface area contributed by atoms with Crippen molar-refractivity contribution >= 4 is 38.9 Å². The van der Waals surface area contributed by atoms with E-state index in [9.17, 15) is 13.2 Å². The van der Waals surface area contributed by atoms with Crippen molar-refractivity contribution in [1.82, 2.24) is 5.43 Å². The minimum absolute atomic E-state index is 0.0661. The molecule has 0 aromatic heterocycles. The van der Waals surface area contributed by atoms with Crippen LogP contribution in [0.25, 0.3) is 0 Å². The van der Waals surface area contributed by atoms with Crippen LogP contribution in [-0.4, -0.2) is 26.8 Å². The van der Waals surface area contributed by atoms with E-state index in [4.69, 9.17) is 21.1 Å². The van der Waals surface area contributed by atoms with Gasteiger partial charge in [-0.15, -0.1) is 0 Å². The number of para-hydroxylation sites is 1. The monoisotopic (exact) mass is 499 g/mol. The molecule has 10 heteroatoms. The first-order valence-electron chi connectivity index (χ1n) is 10.4. The van der Waals surface area contributed by atoms with Crippen LogP contribution in [0, 0.1) is 0 Å². The molecule has 0 saturated heterocycles. The van der Waals surface area contributed by atoms with E-state index in [1.54, 1.807) is 24.3 Å². The summed E-state index contributed by atoms with van der Waals surface area (Å²) in [5.74, 6) is 0.934. The highest BCUT2D eigenvalue weighted by Crippen LogP contribution is 2.32. The zero-order valence-corrected chi connectivity index (χ0v) is 19.8. The molecule has 1 aliphatic rings. The number of nitrogens with zero attached hydrogens (tertiary/aromatic N) is 1. The van der Waals surface area contributed by atoms with Gasteiger partial charge in [-0.1, -0.05) is 35.9 Å². The third kappa shape index (κ3) is 5.67. The number of benzene rings is 3. The Bertz CT molecular complexity index is 1360. The summed E-state index contributed by atoms with van der Waals surface area (Å²) in [6.45, 7) is 2.03. The van der Waals surface area contributed by atoms with Gasteiger partial charge in [0, 0.05) is 11.3 Å². The van der Waals surface area contributed by atoms with Gasteiger partial charge in [-0.3, -0.25) is 9.52 Å². The first kappa shape index (κ1) is 23.6. The molecule has 0 spiro atoms. The molecule has 3 aromatic carbocycles. The molecule has 0 radical (unpaired) electrons. The van der Waals surface area contributed by atoms with Crippen molar-refractivity contribution in [3.05, 3.63) is 82.9 Å². The number of carbonyl (C=O) groups excluding carboxylic acids is 1. The van der Waals surface area contributed by atoms with Crippen LogP contribution in [0.3, 0.4) is 0 Å². The highest BCUT2D eigenvalue weighted by molar-refractivity contribution is 7.92. The number of carbonyl (C=O) groups is 1. The number of amides is 1. The van der Waals surface area contributed by atoms with Crippen LogP contribution in [0.4, 0.5) is 5.69 Å². The summed E-state index contributed by atoms with van der Waals surface area (Å²) in [6, 6.07) is 17.9. The second-order valence-electron chi connectivity index (χ2n) is 7.59. The highest BCUT2D eigenvalue weighted by atomic mass is 35.5. The Labute approximate surface area is 202 Å². The Balaban J connectivity index is 1.38. The number of hydrazone groups is 1. The van der Waals surface area contributed by atoms with E-state index in [1.807, 2.05) is 25.1 Å². The SMILES string of the molecule is CC(CCc1ccc2c(c1)OCO2)=NNC(=O)c1cccc(S(=O)(=O)Nc2ccccc2Cl)c1. The second kappa shape index (κ2) is 10.1. The lowest BCUT2D eigenvalue weighted by Crippen LogP contribution is -2.20. The molecule has 1 aliphatic heterocycles. The Morgan fingerprint density at radius 2 is 1.82 bits per heavy atom. The van der Waals surface area contributed by atoms with Gasteiger partial charge in [0.2, 0.25) is 6.79 Å². The molecule has 0 unspecified atom stereocenters. The molecular formula is C24H22ClN3O5S. The molecule has 8 nitrogen and oxygen atoms in total. The van der Waals surface area contributed by atoms with Gasteiger partial charge in [-0.2, -0.15) is 5.10 Å². The van der Waals surface area contributed by atoms with E-state index in [0.29, 0.717) is 12.8 Å². The highest BCUT2D eigenvalue weighted by Gasteiger charge is 2.18. The van der Waals surface area contributed by atoms with Crippen molar-refractivity contribution in [1.29, 1.82) is 0 Å². The number of rotatable bonds is 8. The fraction of sp³-hybridized carbons (Fsp3) is 0.167. The van der Waals surface area contributed by atoms with E-state index in [2.05, 4.69) is 15.2 Å². The minimum atomic E-state index is -3.94. The molecule has 2 N–H and O–H groups in total. The summed E-state index contributed by atoms with van der Waals surface area (Å²) in [7, 11) is -3.94. The first-order chi connectivity index (χ1) is 16.3. The van der Waals surface area contributed by atoms with Crippen LogP contribution in [0.15, 0.2) is 76.7 Å². The van der Waals surface area contributed by atoms with E-state index >= 15 is 0 Å². The molecule has 34 heavy (non-hydrogen) atoms. The average Bonchev–Trinajstić information content (AvgIpc) is 3.30. The van der Waals surface area contributed by atoms with Gasteiger partial charge in [0.25, 0.3) is 15.9 Å². The van der Waals surface area contributed by atoms with Crippen molar-refractivity contribution in [3.63, 3.8) is 0 Å². The topological polar surface area (TPSA) is 106 Å². The quantitative estimate of drug-likeness (QED) is 0.348. The van der Waals surface area contributed by atoms with Crippen LogP contribution >= 0.6 is 11.6 Å². The molecule has 0 fully saturated rings. The second-order valence-corrected chi connectivity index (χ2v) is 9.68. The van der Waals surface area contributed by atoms with Gasteiger partial charge >= 0.3 is 0 Å². The average molecular weight is 500 g/mol. The maximum absolute atomic E-state index is 12.7. The van der Waals surface area contributed by atoms with Crippen LogP contribution < -0.4 is 19.6 Å². The molecule has 3 aromatic rings. The molecule has 176 valence electrons. The number of halogens is 1. The maximum atomic E-state index is 12.7. The lowest BCUT2D eigenvalue weighted by atomic mass is 10.1. The molecule has 0 bridgehead atoms. The van der Waals surface area contributed by atoms with Gasteiger partial charge in [-0.25, -0.2) is 13.8 Å².